The first-order valence-corrected chi connectivity index (χ1v) is 5.12. The maximum Gasteiger partial charge on any atom is 0.164 e. The van der Waals surface area contributed by atoms with Crippen LogP contribution in [0.25, 0.3) is 0 Å². The van der Waals surface area contributed by atoms with Gasteiger partial charge in [-0.05, 0) is 0 Å². The predicted octanol–water partition coefficient (Wildman–Crippen LogP) is 2.04. The van der Waals surface area contributed by atoms with E-state index in [1.165, 1.54) is 12.3 Å². The van der Waals surface area contributed by atoms with Gasteiger partial charge in [0, 0.05) is 32.0 Å². The third kappa shape index (κ3) is 2.26. The summed E-state index contributed by atoms with van der Waals surface area (Å²) >= 11 is 5.48. The number of piperidine rings is 1. The summed E-state index contributed by atoms with van der Waals surface area (Å²) in [7, 11) is 0. The van der Waals surface area contributed by atoms with Gasteiger partial charge in [0.05, 0.1) is 11.9 Å². The Morgan fingerprint density at radius 3 is 2.67 bits per heavy atom. The van der Waals surface area contributed by atoms with Crippen molar-refractivity contribution in [2.45, 2.75) is 12.8 Å². The Bertz CT molecular complexity index is 387. The standard InChI is InChI=1S/C10H10ClFN2O/c11-10-9(12)5-7(6-13-10)14-3-1-8(15)2-4-14/h5-6H,1-4H2. The molecule has 0 radical (unpaired) electrons. The smallest absolute Gasteiger partial charge is 0.164 e. The lowest BCUT2D eigenvalue weighted by Crippen LogP contribution is -2.33. The highest BCUT2D eigenvalue weighted by molar-refractivity contribution is 6.29. The number of Topliss-reactive ketones (excluding diaryl/α,β-unsaturated/α-hetero) is 1. The number of halogens is 2. The lowest BCUT2D eigenvalue weighted by Gasteiger charge is -2.27. The first-order chi connectivity index (χ1) is 7.16. The topological polar surface area (TPSA) is 33.2 Å². The zero-order valence-corrected chi connectivity index (χ0v) is 8.80. The van der Waals surface area contributed by atoms with Crippen LogP contribution in [0.4, 0.5) is 10.1 Å². The van der Waals surface area contributed by atoms with E-state index >= 15 is 0 Å². The first kappa shape index (κ1) is 10.4. The molecule has 1 aliphatic heterocycles. The van der Waals surface area contributed by atoms with Gasteiger partial charge in [0.1, 0.15) is 5.78 Å². The van der Waals surface area contributed by atoms with Crippen molar-refractivity contribution in [1.82, 2.24) is 4.98 Å². The maximum atomic E-state index is 13.1. The molecule has 1 saturated heterocycles. The second-order valence-electron chi connectivity index (χ2n) is 3.49. The highest BCUT2D eigenvalue weighted by atomic mass is 35.5. The minimum atomic E-state index is -0.522. The zero-order chi connectivity index (χ0) is 10.8. The van der Waals surface area contributed by atoms with E-state index in [0.29, 0.717) is 31.6 Å². The van der Waals surface area contributed by atoms with E-state index in [1.54, 1.807) is 0 Å². The average Bonchev–Trinajstić information content (AvgIpc) is 2.23. The van der Waals surface area contributed by atoms with Crippen LogP contribution in [0.3, 0.4) is 0 Å². The van der Waals surface area contributed by atoms with Gasteiger partial charge in [-0.3, -0.25) is 4.79 Å². The number of nitrogens with zero attached hydrogens (tertiary/aromatic N) is 2. The summed E-state index contributed by atoms with van der Waals surface area (Å²) in [6.07, 6.45) is 2.57. The van der Waals surface area contributed by atoms with Crippen molar-refractivity contribution in [3.05, 3.63) is 23.2 Å². The molecule has 2 heterocycles. The monoisotopic (exact) mass is 228 g/mol. The minimum Gasteiger partial charge on any atom is -0.369 e. The summed E-state index contributed by atoms with van der Waals surface area (Å²) in [5.41, 5.74) is 0.685. The van der Waals surface area contributed by atoms with Crippen molar-refractivity contribution in [3.63, 3.8) is 0 Å². The van der Waals surface area contributed by atoms with Crippen LogP contribution >= 0.6 is 11.6 Å². The van der Waals surface area contributed by atoms with E-state index in [4.69, 9.17) is 11.6 Å². The number of ketones is 1. The fourth-order valence-corrected chi connectivity index (χ4v) is 1.70. The molecule has 1 fully saturated rings. The average molecular weight is 229 g/mol. The molecule has 0 aliphatic carbocycles. The lowest BCUT2D eigenvalue weighted by atomic mass is 10.1. The van der Waals surface area contributed by atoms with Gasteiger partial charge in [-0.1, -0.05) is 11.6 Å². The largest absolute Gasteiger partial charge is 0.369 e. The highest BCUT2D eigenvalue weighted by Crippen LogP contribution is 2.21. The van der Waals surface area contributed by atoms with Crippen LogP contribution in [-0.2, 0) is 4.79 Å². The molecule has 0 unspecified atom stereocenters. The van der Waals surface area contributed by atoms with E-state index < -0.39 is 5.82 Å². The van der Waals surface area contributed by atoms with Crippen LogP contribution in [0.1, 0.15) is 12.8 Å². The molecule has 3 nitrogen and oxygen atoms in total. The lowest BCUT2D eigenvalue weighted by molar-refractivity contribution is -0.119. The molecule has 1 aromatic heterocycles. The van der Waals surface area contributed by atoms with Crippen molar-refractivity contribution in [3.8, 4) is 0 Å². The van der Waals surface area contributed by atoms with Crippen LogP contribution in [0.2, 0.25) is 5.15 Å². The predicted molar refractivity (Wildman–Crippen MR) is 55.7 cm³/mol. The van der Waals surface area contributed by atoms with Crippen LogP contribution in [-0.4, -0.2) is 23.9 Å². The molecule has 2 rings (SSSR count). The first-order valence-electron chi connectivity index (χ1n) is 4.74. The van der Waals surface area contributed by atoms with Gasteiger partial charge >= 0.3 is 0 Å². The maximum absolute atomic E-state index is 13.1. The molecule has 1 aliphatic rings. The van der Waals surface area contributed by atoms with Gasteiger partial charge in [-0.15, -0.1) is 0 Å². The Morgan fingerprint density at radius 1 is 1.40 bits per heavy atom. The summed E-state index contributed by atoms with van der Waals surface area (Å²) in [6.45, 7) is 1.25. The Balaban J connectivity index is 2.16. The van der Waals surface area contributed by atoms with Gasteiger partial charge in [-0.2, -0.15) is 0 Å². The van der Waals surface area contributed by atoms with Crippen molar-refractivity contribution in [1.29, 1.82) is 0 Å². The van der Waals surface area contributed by atoms with Gasteiger partial charge in [0.2, 0.25) is 0 Å². The third-order valence-electron chi connectivity index (χ3n) is 2.47. The Morgan fingerprint density at radius 2 is 2.07 bits per heavy atom. The number of hydrogen-bond acceptors (Lipinski definition) is 3. The summed E-state index contributed by atoms with van der Waals surface area (Å²) in [4.78, 5) is 16.7. The molecule has 0 bridgehead atoms. The number of hydrogen-bond donors (Lipinski definition) is 0. The minimum absolute atomic E-state index is 0.119. The quantitative estimate of drug-likeness (QED) is 0.690. The molecular formula is C10H10ClFN2O. The molecule has 5 heteroatoms. The van der Waals surface area contributed by atoms with E-state index in [9.17, 15) is 9.18 Å². The molecule has 0 N–H and O–H groups in total. The van der Waals surface area contributed by atoms with E-state index in [1.807, 2.05) is 4.90 Å². The number of rotatable bonds is 1. The molecule has 0 aromatic carbocycles. The number of anilines is 1. The van der Waals surface area contributed by atoms with Crippen LogP contribution in [0, 0.1) is 5.82 Å². The molecule has 15 heavy (non-hydrogen) atoms. The molecule has 0 atom stereocenters. The molecular weight excluding hydrogens is 219 g/mol. The molecule has 0 amide bonds. The number of pyridine rings is 1. The molecule has 80 valence electrons. The van der Waals surface area contributed by atoms with Gasteiger partial charge in [-0.25, -0.2) is 9.37 Å². The molecule has 1 aromatic rings. The van der Waals surface area contributed by atoms with Crippen molar-refractivity contribution in [2.24, 2.45) is 0 Å². The summed E-state index contributed by atoms with van der Waals surface area (Å²) in [5.74, 6) is -0.264. The Kier molecular flexibility index (Phi) is 2.86. The third-order valence-corrected chi connectivity index (χ3v) is 2.75. The second-order valence-corrected chi connectivity index (χ2v) is 3.85. The fraction of sp³-hybridized carbons (Fsp3) is 0.400. The van der Waals surface area contributed by atoms with E-state index in [0.717, 1.165) is 0 Å². The SMILES string of the molecule is O=C1CCN(c2cnc(Cl)c(F)c2)CC1. The Hall–Kier alpha value is -1.16. The fourth-order valence-electron chi connectivity index (χ4n) is 1.60. The number of carbonyl (C=O) groups is 1. The van der Waals surface area contributed by atoms with Crippen LogP contribution in [0.5, 0.6) is 0 Å². The number of aromatic nitrogens is 1. The normalized spacial score (nSPS) is 16.9. The van der Waals surface area contributed by atoms with Crippen LogP contribution < -0.4 is 4.90 Å². The zero-order valence-electron chi connectivity index (χ0n) is 8.04. The Labute approximate surface area is 91.9 Å². The van der Waals surface area contributed by atoms with Gasteiger partial charge in [0.25, 0.3) is 0 Å². The molecule has 0 spiro atoms. The molecule has 0 saturated carbocycles. The summed E-state index contributed by atoms with van der Waals surface area (Å²) < 4.78 is 13.1. The van der Waals surface area contributed by atoms with Crippen molar-refractivity contribution in [2.75, 3.05) is 18.0 Å². The second kappa shape index (κ2) is 4.14. The van der Waals surface area contributed by atoms with Crippen molar-refractivity contribution < 1.29 is 9.18 Å². The number of carbonyl (C=O) groups excluding carboxylic acids is 1. The van der Waals surface area contributed by atoms with E-state index in [-0.39, 0.29) is 10.9 Å². The van der Waals surface area contributed by atoms with Gasteiger partial charge in [0.15, 0.2) is 11.0 Å². The van der Waals surface area contributed by atoms with Gasteiger partial charge < -0.3 is 4.90 Å². The summed E-state index contributed by atoms with van der Waals surface area (Å²) in [6, 6.07) is 1.35. The highest BCUT2D eigenvalue weighted by Gasteiger charge is 2.17. The van der Waals surface area contributed by atoms with Crippen molar-refractivity contribution >= 4 is 23.1 Å². The van der Waals surface area contributed by atoms with E-state index in [2.05, 4.69) is 4.98 Å². The summed E-state index contributed by atoms with van der Waals surface area (Å²) in [5, 5.41) is -0.119. The van der Waals surface area contributed by atoms with Crippen LogP contribution in [0.15, 0.2) is 12.3 Å².